The smallest absolute Gasteiger partial charge is 0.416 e. The van der Waals surface area contributed by atoms with Crippen LogP contribution >= 0.6 is 0 Å². The molecule has 6 rings (SSSR count). The van der Waals surface area contributed by atoms with Crippen molar-refractivity contribution in [1.82, 2.24) is 29.9 Å². The molecule has 2 aromatic carbocycles. The van der Waals surface area contributed by atoms with E-state index in [1.54, 1.807) is 12.1 Å². The van der Waals surface area contributed by atoms with Gasteiger partial charge in [0.05, 0.1) is 11.1 Å². The summed E-state index contributed by atoms with van der Waals surface area (Å²) in [5.74, 6) is -7.25. The molecule has 0 amide bonds. The van der Waals surface area contributed by atoms with E-state index in [4.69, 9.17) is 13.3 Å². The molecular weight excluding hydrogens is 600 g/mol. The number of halogens is 8. The van der Waals surface area contributed by atoms with E-state index in [0.29, 0.717) is 12.1 Å². The number of nitrogens with zero attached hydrogens (tertiary/aromatic N) is 8. The van der Waals surface area contributed by atoms with E-state index in [2.05, 4.69) is 29.9 Å². The Morgan fingerprint density at radius 3 is 1.33 bits per heavy atom. The highest BCUT2D eigenvalue weighted by Gasteiger charge is 2.34. The third kappa shape index (κ3) is 4.72. The fourth-order valence-corrected chi connectivity index (χ4v) is 3.73. The molecule has 0 aliphatic heterocycles. The van der Waals surface area contributed by atoms with Crippen LogP contribution in [-0.4, -0.2) is 29.9 Å². The van der Waals surface area contributed by atoms with Gasteiger partial charge in [0, 0.05) is 0 Å². The number of hydrogen-bond acceptors (Lipinski definition) is 11. The van der Waals surface area contributed by atoms with E-state index in [-0.39, 0.29) is 12.1 Å². The van der Waals surface area contributed by atoms with Gasteiger partial charge in [0.15, 0.2) is 28.5 Å². The number of fused-ring (bicyclic) bond motifs is 2. The minimum Gasteiger partial charge on any atom is -0.430 e. The summed E-state index contributed by atoms with van der Waals surface area (Å²) in [6.07, 6.45) is -9.87. The van der Waals surface area contributed by atoms with Crippen LogP contribution < -0.4 is 0 Å². The van der Waals surface area contributed by atoms with E-state index in [0.717, 1.165) is 0 Å². The first kappa shape index (κ1) is 27.2. The number of hydrogen-bond donors (Lipinski definition) is 0. The third-order valence-corrected chi connectivity index (χ3v) is 5.59. The molecule has 0 atom stereocenters. The summed E-state index contributed by atoms with van der Waals surface area (Å²) in [7, 11) is 0. The highest BCUT2D eigenvalue weighted by molar-refractivity contribution is 5.78. The highest BCUT2D eigenvalue weighted by Crippen LogP contribution is 2.36. The fourth-order valence-electron chi connectivity index (χ4n) is 3.73. The number of alkyl halides is 6. The zero-order valence-electron chi connectivity index (χ0n) is 20.1. The maximum Gasteiger partial charge on any atom is 0.416 e. The molecule has 214 valence electrons. The molecule has 0 unspecified atom stereocenters. The Balaban J connectivity index is 1.57. The van der Waals surface area contributed by atoms with Crippen molar-refractivity contribution < 1.29 is 48.4 Å². The predicted molar refractivity (Wildman–Crippen MR) is 121 cm³/mol. The Labute approximate surface area is 229 Å². The monoisotopic (exact) mass is 604 g/mol. The maximum absolute atomic E-state index is 14.5. The van der Waals surface area contributed by atoms with Gasteiger partial charge in [0.25, 0.3) is 17.7 Å². The molecule has 43 heavy (non-hydrogen) atoms. The fraction of sp³-hybridized carbons (Fsp3) is 0.0833. The lowest BCUT2D eigenvalue weighted by Gasteiger charge is -2.05. The normalized spacial score (nSPS) is 12.1. The molecule has 4 aromatic heterocycles. The van der Waals surface area contributed by atoms with Crippen LogP contribution in [0.2, 0.25) is 0 Å². The molecule has 0 aliphatic rings. The summed E-state index contributed by atoms with van der Waals surface area (Å²) in [5.41, 5.74) is -5.88. The van der Waals surface area contributed by atoms with Crippen LogP contribution in [0.15, 0.2) is 37.5 Å². The van der Waals surface area contributed by atoms with Gasteiger partial charge in [-0.2, -0.15) is 56.8 Å². The van der Waals surface area contributed by atoms with Gasteiger partial charge in [-0.1, -0.05) is 0 Å². The van der Waals surface area contributed by atoms with Gasteiger partial charge in [-0.05, 0) is 24.3 Å². The van der Waals surface area contributed by atoms with Crippen LogP contribution in [0.3, 0.4) is 0 Å². The van der Waals surface area contributed by atoms with Crippen LogP contribution in [0.5, 0.6) is 0 Å². The molecule has 19 heteroatoms. The standard InChI is InChI=1S/C24H4F8N8O3/c25-9-1-7(23(27,28)29)3-11-15(9)42-21(35-11)18-38-17(20-37-13(5-33)14(6-34)41-20)39-19(40-18)22-36-12-4-8(24(30,31)32)2-10(26)16(12)43-22/h1-4H. The van der Waals surface area contributed by atoms with Crippen LogP contribution in [0, 0.1) is 34.3 Å². The second-order valence-electron chi connectivity index (χ2n) is 8.37. The zero-order valence-corrected chi connectivity index (χ0v) is 20.1. The average Bonchev–Trinajstić information content (AvgIpc) is 3.68. The molecule has 0 N–H and O–H groups in total. The Morgan fingerprint density at radius 2 is 0.977 bits per heavy atom. The molecule has 0 spiro atoms. The predicted octanol–water partition coefficient (Wildman–Crippen LogP) is 6.20. The topological polar surface area (TPSA) is 164 Å². The summed E-state index contributed by atoms with van der Waals surface area (Å²) in [6, 6.07) is 4.46. The van der Waals surface area contributed by atoms with Crippen molar-refractivity contribution in [2.75, 3.05) is 0 Å². The van der Waals surface area contributed by atoms with Gasteiger partial charge in [0.2, 0.25) is 23.2 Å². The molecule has 6 aromatic rings. The first-order valence-electron chi connectivity index (χ1n) is 11.2. The van der Waals surface area contributed by atoms with E-state index in [1.807, 2.05) is 0 Å². The Bertz CT molecular complexity index is 2040. The van der Waals surface area contributed by atoms with Crippen molar-refractivity contribution in [3.63, 3.8) is 0 Å². The van der Waals surface area contributed by atoms with Crippen LogP contribution in [0.25, 0.3) is 57.3 Å². The van der Waals surface area contributed by atoms with Crippen LogP contribution in [-0.2, 0) is 12.4 Å². The van der Waals surface area contributed by atoms with E-state index < -0.39 is 104 Å². The summed E-state index contributed by atoms with van der Waals surface area (Å²) >= 11 is 0. The number of oxazole rings is 3. The lowest BCUT2D eigenvalue weighted by molar-refractivity contribution is -0.138. The first-order chi connectivity index (χ1) is 20.2. The minimum atomic E-state index is -4.93. The van der Waals surface area contributed by atoms with Crippen LogP contribution in [0.1, 0.15) is 22.6 Å². The lowest BCUT2D eigenvalue weighted by Crippen LogP contribution is -2.05. The molecule has 0 saturated carbocycles. The second-order valence-corrected chi connectivity index (χ2v) is 8.37. The van der Waals surface area contributed by atoms with E-state index in [1.165, 1.54) is 0 Å². The number of benzene rings is 2. The van der Waals surface area contributed by atoms with Gasteiger partial charge in [-0.3, -0.25) is 0 Å². The average molecular weight is 604 g/mol. The molecular formula is C24H4F8N8O3. The molecule has 0 radical (unpaired) electrons. The largest absolute Gasteiger partial charge is 0.430 e. The van der Waals surface area contributed by atoms with Crippen molar-refractivity contribution in [2.24, 2.45) is 0 Å². The Kier molecular flexibility index (Phi) is 5.87. The van der Waals surface area contributed by atoms with Crippen molar-refractivity contribution in [3.8, 4) is 47.3 Å². The number of aromatic nitrogens is 6. The number of nitriles is 2. The van der Waals surface area contributed by atoms with Gasteiger partial charge >= 0.3 is 12.4 Å². The molecule has 0 aliphatic carbocycles. The molecule has 4 heterocycles. The second kappa shape index (κ2) is 9.27. The lowest BCUT2D eigenvalue weighted by atomic mass is 10.2. The van der Waals surface area contributed by atoms with E-state index >= 15 is 0 Å². The maximum atomic E-state index is 14.5. The highest BCUT2D eigenvalue weighted by atomic mass is 19.4. The van der Waals surface area contributed by atoms with Gasteiger partial charge in [0.1, 0.15) is 23.2 Å². The molecule has 0 saturated heterocycles. The van der Waals surface area contributed by atoms with Crippen LogP contribution in [0.4, 0.5) is 35.1 Å². The third-order valence-electron chi connectivity index (χ3n) is 5.59. The molecule has 0 bridgehead atoms. The minimum absolute atomic E-state index is 0.170. The van der Waals surface area contributed by atoms with Crippen molar-refractivity contribution >= 4 is 22.2 Å². The van der Waals surface area contributed by atoms with E-state index in [9.17, 15) is 45.6 Å². The van der Waals surface area contributed by atoms with Crippen molar-refractivity contribution in [3.05, 3.63) is 58.5 Å². The molecule has 11 nitrogen and oxygen atoms in total. The SMILES string of the molecule is N#Cc1nc(-c2nc(-c3nc4cc(C(F)(F)F)cc(F)c4o3)nc(-c3nc4cc(C(F)(F)F)cc(F)c4o3)n2)oc1C#N. The van der Waals surface area contributed by atoms with Crippen molar-refractivity contribution in [1.29, 1.82) is 10.5 Å². The molecule has 0 fully saturated rings. The van der Waals surface area contributed by atoms with Crippen molar-refractivity contribution in [2.45, 2.75) is 12.4 Å². The van der Waals surface area contributed by atoms with Gasteiger partial charge < -0.3 is 13.3 Å². The van der Waals surface area contributed by atoms with Gasteiger partial charge in [-0.25, -0.2) is 18.7 Å². The Morgan fingerprint density at radius 1 is 0.558 bits per heavy atom. The summed E-state index contributed by atoms with van der Waals surface area (Å²) in [5, 5.41) is 18.4. The Hall–Kier alpha value is -5.98. The summed E-state index contributed by atoms with van der Waals surface area (Å²) in [6.45, 7) is 0. The first-order valence-corrected chi connectivity index (χ1v) is 11.2. The summed E-state index contributed by atoms with van der Waals surface area (Å²) < 4.78 is 124. The quantitative estimate of drug-likeness (QED) is 0.211. The van der Waals surface area contributed by atoms with Gasteiger partial charge in [-0.15, -0.1) is 0 Å². The number of rotatable bonds is 3. The summed E-state index contributed by atoms with van der Waals surface area (Å²) in [4.78, 5) is 23.2. The zero-order chi connectivity index (χ0) is 30.8.